The number of aromatic nitrogens is 4. The van der Waals surface area contributed by atoms with Crippen LogP contribution in [0.25, 0.3) is 0 Å². The van der Waals surface area contributed by atoms with E-state index in [2.05, 4.69) is 20.4 Å². The second kappa shape index (κ2) is 5.86. The third kappa shape index (κ3) is 3.41. The number of H-pyrrole nitrogens is 1. The topological polar surface area (TPSA) is 78.0 Å². The number of hydrogen-bond donors (Lipinski definition) is 1. The van der Waals surface area contributed by atoms with Crippen molar-refractivity contribution in [1.29, 1.82) is 0 Å². The minimum atomic E-state index is -4.49. The minimum absolute atomic E-state index is 0.271. The van der Waals surface area contributed by atoms with Gasteiger partial charge in [-0.15, -0.1) is 10.2 Å². The Bertz CT molecular complexity index is 701. The van der Waals surface area contributed by atoms with Crippen LogP contribution in [0.2, 0.25) is 0 Å². The van der Waals surface area contributed by atoms with E-state index in [9.17, 15) is 18.0 Å². The van der Waals surface area contributed by atoms with Gasteiger partial charge >= 0.3 is 6.18 Å². The van der Waals surface area contributed by atoms with Crippen LogP contribution in [0.3, 0.4) is 0 Å². The lowest BCUT2D eigenvalue weighted by molar-refractivity contribution is -0.141. The molecule has 0 amide bonds. The molecule has 122 valence electrons. The molecule has 0 aliphatic carbocycles. The summed E-state index contributed by atoms with van der Waals surface area (Å²) in [4.78, 5) is 14.8. The van der Waals surface area contributed by atoms with Gasteiger partial charge in [0.2, 0.25) is 0 Å². The van der Waals surface area contributed by atoms with Gasteiger partial charge in [-0.2, -0.15) is 18.3 Å². The van der Waals surface area contributed by atoms with E-state index in [1.54, 1.807) is 6.07 Å². The molecule has 23 heavy (non-hydrogen) atoms. The monoisotopic (exact) mass is 326 g/mol. The third-order valence-corrected chi connectivity index (χ3v) is 3.53. The van der Waals surface area contributed by atoms with E-state index < -0.39 is 11.9 Å². The predicted octanol–water partition coefficient (Wildman–Crippen LogP) is 0.905. The molecular weight excluding hydrogens is 313 g/mol. The molecule has 1 saturated heterocycles. The molecule has 7 nitrogen and oxygen atoms in total. The number of rotatable bonds is 2. The van der Waals surface area contributed by atoms with E-state index in [1.165, 1.54) is 12.1 Å². The molecule has 0 unspecified atom stereocenters. The molecular formula is C13H13F3N6O. The normalized spacial score (nSPS) is 15.8. The second-order valence-corrected chi connectivity index (χ2v) is 5.03. The number of alkyl halides is 3. The summed E-state index contributed by atoms with van der Waals surface area (Å²) >= 11 is 0. The number of nitrogens with one attached hydrogen (secondary N) is 1. The lowest BCUT2D eigenvalue weighted by Gasteiger charge is -2.35. The average Bonchev–Trinajstić information content (AvgIpc) is 2.55. The molecule has 0 saturated carbocycles. The minimum Gasteiger partial charge on any atom is -0.352 e. The van der Waals surface area contributed by atoms with Gasteiger partial charge < -0.3 is 9.80 Å². The largest absolute Gasteiger partial charge is 0.435 e. The first-order valence-corrected chi connectivity index (χ1v) is 6.90. The van der Waals surface area contributed by atoms with Crippen molar-refractivity contribution < 1.29 is 13.2 Å². The molecule has 1 N–H and O–H groups in total. The summed E-state index contributed by atoms with van der Waals surface area (Å²) in [7, 11) is 0. The maximum atomic E-state index is 12.5. The number of anilines is 2. The summed E-state index contributed by atoms with van der Waals surface area (Å²) in [5, 5.41) is 13.2. The number of hydrogen-bond acceptors (Lipinski definition) is 6. The molecule has 3 rings (SSSR count). The highest BCUT2D eigenvalue weighted by Gasteiger charge is 2.33. The van der Waals surface area contributed by atoms with Gasteiger partial charge in [-0.1, -0.05) is 0 Å². The highest BCUT2D eigenvalue weighted by molar-refractivity contribution is 5.43. The quantitative estimate of drug-likeness (QED) is 0.884. The van der Waals surface area contributed by atoms with E-state index >= 15 is 0 Å². The Kier molecular flexibility index (Phi) is 3.89. The van der Waals surface area contributed by atoms with Crippen molar-refractivity contribution in [3.05, 3.63) is 40.3 Å². The van der Waals surface area contributed by atoms with Crippen molar-refractivity contribution >= 4 is 11.6 Å². The highest BCUT2D eigenvalue weighted by atomic mass is 19.4. The van der Waals surface area contributed by atoms with Gasteiger partial charge in [0, 0.05) is 32.2 Å². The van der Waals surface area contributed by atoms with Crippen LogP contribution in [-0.4, -0.2) is 46.6 Å². The third-order valence-electron chi connectivity index (χ3n) is 3.53. The molecule has 1 fully saturated rings. The Morgan fingerprint density at radius 3 is 2.00 bits per heavy atom. The molecule has 2 aromatic rings. The molecule has 10 heteroatoms. The first-order chi connectivity index (χ1) is 10.9. The van der Waals surface area contributed by atoms with E-state index in [4.69, 9.17) is 0 Å². The summed E-state index contributed by atoms with van der Waals surface area (Å²) in [6, 6.07) is 5.28. The smallest absolute Gasteiger partial charge is 0.352 e. The van der Waals surface area contributed by atoms with Gasteiger partial charge in [-0.05, 0) is 18.2 Å². The SMILES string of the molecule is O=c1ccc(N2CCN(c3ccc(C(F)(F)F)nn3)CC2)n[nH]1. The van der Waals surface area contributed by atoms with E-state index in [0.717, 1.165) is 6.07 Å². The van der Waals surface area contributed by atoms with Gasteiger partial charge in [-0.3, -0.25) is 4.79 Å². The maximum absolute atomic E-state index is 12.5. The Labute approximate surface area is 128 Å². The molecule has 0 atom stereocenters. The van der Waals surface area contributed by atoms with E-state index in [0.29, 0.717) is 37.8 Å². The van der Waals surface area contributed by atoms with Gasteiger partial charge in [0.25, 0.3) is 5.56 Å². The first kappa shape index (κ1) is 15.3. The van der Waals surface area contributed by atoms with Gasteiger partial charge in [0.1, 0.15) is 5.82 Å². The predicted molar refractivity (Wildman–Crippen MR) is 76.3 cm³/mol. The fourth-order valence-electron chi connectivity index (χ4n) is 2.32. The van der Waals surface area contributed by atoms with Crippen LogP contribution in [0.4, 0.5) is 24.8 Å². The average molecular weight is 326 g/mol. The molecule has 0 aromatic carbocycles. The molecule has 3 heterocycles. The number of piperazine rings is 1. The Morgan fingerprint density at radius 2 is 1.52 bits per heavy atom. The summed E-state index contributed by atoms with van der Waals surface area (Å²) < 4.78 is 37.4. The van der Waals surface area contributed by atoms with Crippen LogP contribution in [0.1, 0.15) is 5.69 Å². The fourth-order valence-corrected chi connectivity index (χ4v) is 2.32. The van der Waals surface area contributed by atoms with Gasteiger partial charge in [-0.25, -0.2) is 5.10 Å². The fraction of sp³-hybridized carbons (Fsp3) is 0.385. The zero-order valence-corrected chi connectivity index (χ0v) is 11.9. The molecule has 1 aliphatic heterocycles. The number of halogens is 3. The maximum Gasteiger partial charge on any atom is 0.435 e. The van der Waals surface area contributed by atoms with Crippen LogP contribution in [0.5, 0.6) is 0 Å². The summed E-state index contributed by atoms with van der Waals surface area (Å²) in [6.07, 6.45) is -4.49. The Balaban J connectivity index is 1.64. The van der Waals surface area contributed by atoms with Crippen molar-refractivity contribution in [3.63, 3.8) is 0 Å². The lowest BCUT2D eigenvalue weighted by atomic mass is 10.3. The highest BCUT2D eigenvalue weighted by Crippen LogP contribution is 2.27. The van der Waals surface area contributed by atoms with Crippen LogP contribution >= 0.6 is 0 Å². The number of aromatic amines is 1. The van der Waals surface area contributed by atoms with Crippen molar-refractivity contribution in [2.45, 2.75) is 6.18 Å². The summed E-state index contributed by atoms with van der Waals surface area (Å²) in [5.74, 6) is 1.06. The second-order valence-electron chi connectivity index (χ2n) is 5.03. The number of nitrogens with zero attached hydrogens (tertiary/aromatic N) is 5. The molecule has 1 aliphatic rings. The van der Waals surface area contributed by atoms with E-state index in [1.807, 2.05) is 9.80 Å². The zero-order chi connectivity index (χ0) is 16.4. The molecule has 2 aromatic heterocycles. The molecule has 0 spiro atoms. The van der Waals surface area contributed by atoms with Crippen molar-refractivity contribution in [3.8, 4) is 0 Å². The Morgan fingerprint density at radius 1 is 0.913 bits per heavy atom. The summed E-state index contributed by atoms with van der Waals surface area (Å²) in [6.45, 7) is 2.37. The molecule has 0 radical (unpaired) electrons. The van der Waals surface area contributed by atoms with Crippen LogP contribution < -0.4 is 15.4 Å². The van der Waals surface area contributed by atoms with Crippen LogP contribution in [0.15, 0.2) is 29.1 Å². The standard InChI is InChI=1S/C13H13F3N6O/c14-13(15,16)9-1-2-10(18-17-9)21-5-7-22(8-6-21)11-3-4-12(23)20-19-11/h1-4H,5-8H2,(H,20,23). The molecule has 0 bridgehead atoms. The van der Waals surface area contributed by atoms with Crippen molar-refractivity contribution in [1.82, 2.24) is 20.4 Å². The van der Waals surface area contributed by atoms with Crippen LogP contribution in [0, 0.1) is 0 Å². The van der Waals surface area contributed by atoms with Crippen molar-refractivity contribution in [2.24, 2.45) is 0 Å². The zero-order valence-electron chi connectivity index (χ0n) is 11.9. The Hall–Kier alpha value is -2.65. The van der Waals surface area contributed by atoms with Gasteiger partial charge in [0.15, 0.2) is 11.5 Å². The van der Waals surface area contributed by atoms with E-state index in [-0.39, 0.29) is 5.56 Å². The van der Waals surface area contributed by atoms with Crippen molar-refractivity contribution in [2.75, 3.05) is 36.0 Å². The van der Waals surface area contributed by atoms with Gasteiger partial charge in [0.05, 0.1) is 0 Å². The summed E-state index contributed by atoms with van der Waals surface area (Å²) in [5.41, 5.74) is -1.27. The first-order valence-electron chi connectivity index (χ1n) is 6.90. The van der Waals surface area contributed by atoms with Crippen LogP contribution in [-0.2, 0) is 6.18 Å². The lowest BCUT2D eigenvalue weighted by Crippen LogP contribution is -2.47.